The van der Waals surface area contributed by atoms with Crippen LogP contribution in [0.25, 0.3) is 0 Å². The Morgan fingerprint density at radius 3 is 0.591 bits per heavy atom. The zero-order valence-corrected chi connectivity index (χ0v) is 27.8. The molecule has 0 N–H and O–H groups in total. The first-order valence-electron chi connectivity index (χ1n) is 14.6. The molecule has 0 aliphatic heterocycles. The quantitative estimate of drug-likeness (QED) is 0.156. The predicted molar refractivity (Wildman–Crippen MR) is 189 cm³/mol. The van der Waals surface area contributed by atoms with E-state index in [1.807, 2.05) is 0 Å². The molecule has 0 atom stereocenters. The van der Waals surface area contributed by atoms with Crippen molar-refractivity contribution in [2.45, 2.75) is 0 Å². The van der Waals surface area contributed by atoms with Crippen molar-refractivity contribution in [1.82, 2.24) is 0 Å². The standard InChI is InChI=1S/C40H36P2.2ClH/c1-7-21-35(22-8-1)41(36-23-9-2-10-24-36,37-25-11-3-12-26-37)33-19-20-34-42(38-27-13-4-14-28-38,39-29-15-5-16-30-39)40-31-17-6-18-32-40;;/h1-32H,33-34H2;2*1H/q+2;;/p-2/b20-19+;;. The van der Waals surface area contributed by atoms with Crippen molar-refractivity contribution in [3.8, 4) is 0 Å². The van der Waals surface area contributed by atoms with Crippen LogP contribution in [0, 0.1) is 0 Å². The Balaban J connectivity index is 0.00000221. The molecule has 0 nitrogen and oxygen atoms in total. The van der Waals surface area contributed by atoms with Gasteiger partial charge in [-0.25, -0.2) is 0 Å². The number of hydrogen-bond acceptors (Lipinski definition) is 0. The smallest absolute Gasteiger partial charge is 0.115 e. The fourth-order valence-corrected chi connectivity index (χ4v) is 14.2. The number of halogens is 2. The highest BCUT2D eigenvalue weighted by atomic mass is 35.5. The second kappa shape index (κ2) is 16.0. The summed E-state index contributed by atoms with van der Waals surface area (Å²) in [5, 5.41) is 8.51. The molecule has 4 heteroatoms. The van der Waals surface area contributed by atoms with Crippen molar-refractivity contribution in [3.63, 3.8) is 0 Å². The minimum Gasteiger partial charge on any atom is -1.00 e. The van der Waals surface area contributed by atoms with E-state index in [1.54, 1.807) is 0 Å². The summed E-state index contributed by atoms with van der Waals surface area (Å²) in [6.45, 7) is 0. The van der Waals surface area contributed by atoms with Gasteiger partial charge >= 0.3 is 0 Å². The lowest BCUT2D eigenvalue weighted by Crippen LogP contribution is -3.00. The summed E-state index contributed by atoms with van der Waals surface area (Å²) in [6, 6.07) is 67.0. The summed E-state index contributed by atoms with van der Waals surface area (Å²) >= 11 is 0. The second-order valence-corrected chi connectivity index (χ2v) is 17.5. The Bertz CT molecular complexity index is 1370. The Morgan fingerprint density at radius 2 is 0.432 bits per heavy atom. The molecule has 0 amide bonds. The van der Waals surface area contributed by atoms with Gasteiger partial charge in [0.15, 0.2) is 0 Å². The van der Waals surface area contributed by atoms with Crippen molar-refractivity contribution in [1.29, 1.82) is 0 Å². The summed E-state index contributed by atoms with van der Waals surface area (Å²) in [6.07, 6.45) is 6.93. The Hall–Kier alpha value is -3.50. The zero-order valence-electron chi connectivity index (χ0n) is 24.5. The molecule has 0 saturated heterocycles. The van der Waals surface area contributed by atoms with Gasteiger partial charge in [-0.15, -0.1) is 0 Å². The molecule has 0 spiro atoms. The first-order valence-corrected chi connectivity index (χ1v) is 18.5. The van der Waals surface area contributed by atoms with Gasteiger partial charge in [0, 0.05) is 0 Å². The van der Waals surface area contributed by atoms with Gasteiger partial charge < -0.3 is 24.8 Å². The van der Waals surface area contributed by atoms with Crippen LogP contribution in [0.2, 0.25) is 0 Å². The molecule has 6 aromatic carbocycles. The third-order valence-corrected chi connectivity index (χ3v) is 16.7. The van der Waals surface area contributed by atoms with Crippen LogP contribution in [0.4, 0.5) is 0 Å². The van der Waals surface area contributed by atoms with Crippen molar-refractivity contribution in [3.05, 3.63) is 194 Å². The van der Waals surface area contributed by atoms with E-state index in [0.717, 1.165) is 12.3 Å². The fourth-order valence-electron chi connectivity index (χ4n) is 6.09. The molecule has 0 unspecified atom stereocenters. The molecule has 0 aromatic heterocycles. The number of rotatable bonds is 10. The van der Waals surface area contributed by atoms with Gasteiger partial charge in [0.05, 0.1) is 12.3 Å². The van der Waals surface area contributed by atoms with Crippen molar-refractivity contribution < 1.29 is 24.8 Å². The molecule has 0 radical (unpaired) electrons. The number of benzene rings is 6. The zero-order chi connectivity index (χ0) is 28.5. The van der Waals surface area contributed by atoms with Crippen molar-refractivity contribution in [2.24, 2.45) is 0 Å². The maximum absolute atomic E-state index is 2.49. The highest BCUT2D eigenvalue weighted by Gasteiger charge is 2.46. The van der Waals surface area contributed by atoms with Gasteiger partial charge in [0.25, 0.3) is 0 Å². The third-order valence-electron chi connectivity index (χ3n) is 8.11. The minimum absolute atomic E-state index is 0. The lowest BCUT2D eigenvalue weighted by Gasteiger charge is -2.28. The molecule has 44 heavy (non-hydrogen) atoms. The Labute approximate surface area is 276 Å². The van der Waals surface area contributed by atoms with Crippen molar-refractivity contribution >= 4 is 46.4 Å². The number of allylic oxidation sites excluding steroid dienone is 2. The lowest BCUT2D eigenvalue weighted by atomic mass is 10.4. The largest absolute Gasteiger partial charge is 1.00 e. The van der Waals surface area contributed by atoms with E-state index in [2.05, 4.69) is 194 Å². The summed E-state index contributed by atoms with van der Waals surface area (Å²) in [4.78, 5) is 0. The molecular formula is C40H36Cl2P2. The number of hydrogen-bond donors (Lipinski definition) is 0. The van der Waals surface area contributed by atoms with Gasteiger partial charge in [0.2, 0.25) is 0 Å². The van der Waals surface area contributed by atoms with Gasteiger partial charge in [0.1, 0.15) is 46.4 Å². The molecule has 0 bridgehead atoms. The van der Waals surface area contributed by atoms with E-state index in [0.29, 0.717) is 0 Å². The molecule has 0 saturated carbocycles. The topological polar surface area (TPSA) is 0 Å². The van der Waals surface area contributed by atoms with Crippen LogP contribution >= 0.6 is 14.5 Å². The molecule has 0 aliphatic carbocycles. The van der Waals surface area contributed by atoms with Crippen molar-refractivity contribution in [2.75, 3.05) is 12.3 Å². The molecule has 220 valence electrons. The molecule has 0 aliphatic rings. The average molecular weight is 650 g/mol. The minimum atomic E-state index is -1.93. The van der Waals surface area contributed by atoms with Crippen LogP contribution in [0.1, 0.15) is 0 Å². The predicted octanol–water partition coefficient (Wildman–Crippen LogP) is 1.54. The van der Waals surface area contributed by atoms with E-state index in [4.69, 9.17) is 0 Å². The van der Waals surface area contributed by atoms with E-state index in [9.17, 15) is 0 Å². The van der Waals surface area contributed by atoms with Gasteiger partial charge in [-0.1, -0.05) is 109 Å². The van der Waals surface area contributed by atoms with E-state index in [1.165, 1.54) is 31.8 Å². The summed E-state index contributed by atoms with van der Waals surface area (Å²) < 4.78 is 0. The lowest BCUT2D eigenvalue weighted by molar-refractivity contribution is -0.001000. The van der Waals surface area contributed by atoms with Crippen LogP contribution in [0.3, 0.4) is 0 Å². The van der Waals surface area contributed by atoms with Gasteiger partial charge in [-0.3, -0.25) is 0 Å². The van der Waals surface area contributed by atoms with E-state index < -0.39 is 14.5 Å². The monoisotopic (exact) mass is 648 g/mol. The molecule has 0 heterocycles. The maximum Gasteiger partial charge on any atom is 0.115 e. The van der Waals surface area contributed by atoms with Crippen LogP contribution in [-0.4, -0.2) is 12.3 Å². The Kier molecular flexibility index (Phi) is 12.1. The molecule has 6 aromatic rings. The van der Waals surface area contributed by atoms with Gasteiger partial charge in [-0.05, 0) is 84.9 Å². The third kappa shape index (κ3) is 6.76. The fraction of sp³-hybridized carbons (Fsp3) is 0.0500. The van der Waals surface area contributed by atoms with Crippen LogP contribution < -0.4 is 56.6 Å². The van der Waals surface area contributed by atoms with Crippen LogP contribution in [0.15, 0.2) is 194 Å². The molecule has 6 rings (SSSR count). The second-order valence-electron chi connectivity index (χ2n) is 10.5. The summed E-state index contributed by atoms with van der Waals surface area (Å²) in [5.74, 6) is 0. The summed E-state index contributed by atoms with van der Waals surface area (Å²) in [5.41, 5.74) is 0. The van der Waals surface area contributed by atoms with Crippen LogP contribution in [0.5, 0.6) is 0 Å². The summed E-state index contributed by atoms with van der Waals surface area (Å²) in [7, 11) is -3.85. The molecular weight excluding hydrogens is 613 g/mol. The van der Waals surface area contributed by atoms with E-state index >= 15 is 0 Å². The Morgan fingerprint density at radius 1 is 0.273 bits per heavy atom. The highest BCUT2D eigenvalue weighted by molar-refractivity contribution is 7.96. The van der Waals surface area contributed by atoms with Crippen LogP contribution in [-0.2, 0) is 0 Å². The van der Waals surface area contributed by atoms with E-state index in [-0.39, 0.29) is 24.8 Å². The first kappa shape index (κ1) is 33.4. The highest BCUT2D eigenvalue weighted by Crippen LogP contribution is 2.57. The normalized spacial score (nSPS) is 11.4. The van der Waals surface area contributed by atoms with Gasteiger partial charge in [-0.2, -0.15) is 0 Å². The maximum atomic E-state index is 2.49. The molecule has 0 fully saturated rings. The SMILES string of the molecule is C(=C\C[P+](c1ccccc1)(c1ccccc1)c1ccccc1)/C[P+](c1ccccc1)(c1ccccc1)c1ccccc1.[Cl-].[Cl-]. The first-order chi connectivity index (χ1) is 20.8. The average Bonchev–Trinajstić information content (AvgIpc) is 3.09.